The monoisotopic (exact) mass is 456 g/mol. The van der Waals surface area contributed by atoms with Gasteiger partial charge in [-0.15, -0.1) is 0 Å². The van der Waals surface area contributed by atoms with Gasteiger partial charge in [0.25, 0.3) is 18.1 Å². The van der Waals surface area contributed by atoms with E-state index in [0.29, 0.717) is 36.0 Å². The fourth-order valence-corrected chi connectivity index (χ4v) is 4.73. The molecule has 5 rings (SSSR count). The predicted octanol–water partition coefficient (Wildman–Crippen LogP) is 3.92. The van der Waals surface area contributed by atoms with Crippen LogP contribution in [0.3, 0.4) is 0 Å². The number of aryl methyl sites for hydroxylation is 1. The van der Waals surface area contributed by atoms with Crippen molar-refractivity contribution >= 4 is 11.7 Å². The van der Waals surface area contributed by atoms with E-state index in [1.165, 1.54) is 16.9 Å². The summed E-state index contributed by atoms with van der Waals surface area (Å²) in [6.45, 7) is 4.91. The number of fused-ring (bicyclic) bond motifs is 1. The number of carbonyl (C=O) groups excluding carboxylic acids is 1. The second kappa shape index (κ2) is 8.31. The van der Waals surface area contributed by atoms with E-state index < -0.39 is 6.43 Å². The number of piperidine rings is 1. The lowest BCUT2D eigenvalue weighted by Crippen LogP contribution is -2.43. The van der Waals surface area contributed by atoms with Crippen molar-refractivity contribution in [3.05, 3.63) is 46.8 Å². The van der Waals surface area contributed by atoms with Crippen LogP contribution in [0, 0.1) is 12.8 Å². The van der Waals surface area contributed by atoms with Gasteiger partial charge in [-0.1, -0.05) is 6.92 Å². The second-order valence-corrected chi connectivity index (χ2v) is 9.01. The molecule has 0 unspecified atom stereocenters. The van der Waals surface area contributed by atoms with Crippen LogP contribution >= 0.6 is 0 Å². The van der Waals surface area contributed by atoms with E-state index in [1.54, 1.807) is 18.1 Å². The van der Waals surface area contributed by atoms with E-state index in [1.807, 2.05) is 6.92 Å². The normalized spacial score (nSPS) is 21.1. The number of methoxy groups -OCH3 is 1. The number of aromatic nitrogens is 5. The van der Waals surface area contributed by atoms with Crippen molar-refractivity contribution in [2.24, 2.45) is 5.92 Å². The molecule has 0 aromatic carbocycles. The Balaban J connectivity index is 1.50. The molecule has 1 aliphatic carbocycles. The summed E-state index contributed by atoms with van der Waals surface area (Å²) in [5.41, 5.74) is 2.40. The number of amides is 1. The molecule has 33 heavy (non-hydrogen) atoms. The van der Waals surface area contributed by atoms with Gasteiger partial charge in [0.2, 0.25) is 0 Å². The highest BCUT2D eigenvalue weighted by atomic mass is 19.3. The molecular weight excluding hydrogens is 430 g/mol. The maximum atomic E-state index is 13.7. The van der Waals surface area contributed by atoms with Crippen LogP contribution in [0.5, 0.6) is 5.75 Å². The van der Waals surface area contributed by atoms with Crippen LogP contribution in [0.1, 0.15) is 77.6 Å². The quantitative estimate of drug-likeness (QED) is 0.579. The van der Waals surface area contributed by atoms with Crippen molar-refractivity contribution in [1.82, 2.24) is 29.5 Å². The molecule has 4 heterocycles. The summed E-state index contributed by atoms with van der Waals surface area (Å²) in [7, 11) is 1.57. The van der Waals surface area contributed by atoms with Crippen molar-refractivity contribution in [2.45, 2.75) is 51.4 Å². The summed E-state index contributed by atoms with van der Waals surface area (Å²) < 4.78 is 34.1. The Hall–Kier alpha value is -3.17. The van der Waals surface area contributed by atoms with Crippen LogP contribution in [0.4, 0.5) is 8.78 Å². The molecule has 2 fully saturated rings. The molecule has 0 N–H and O–H groups in total. The Bertz CT molecular complexity index is 1210. The molecule has 174 valence electrons. The third kappa shape index (κ3) is 3.91. The number of likely N-dealkylation sites (tertiary alicyclic amines) is 1. The molecule has 1 amide bonds. The number of carbonyl (C=O) groups is 1. The van der Waals surface area contributed by atoms with Crippen molar-refractivity contribution < 1.29 is 18.3 Å². The zero-order chi connectivity index (χ0) is 23.3. The summed E-state index contributed by atoms with van der Waals surface area (Å²) in [5.74, 6) is 0.867. The van der Waals surface area contributed by atoms with Gasteiger partial charge >= 0.3 is 0 Å². The number of rotatable bonds is 5. The minimum Gasteiger partial charge on any atom is -0.494 e. The van der Waals surface area contributed by atoms with Gasteiger partial charge in [0.1, 0.15) is 12.0 Å². The lowest BCUT2D eigenvalue weighted by atomic mass is 9.84. The first-order valence-electron chi connectivity index (χ1n) is 11.2. The molecular formula is C23H26F2N6O2. The fourth-order valence-electron chi connectivity index (χ4n) is 4.73. The average Bonchev–Trinajstić information content (AvgIpc) is 3.54. The van der Waals surface area contributed by atoms with Gasteiger partial charge in [0.05, 0.1) is 24.1 Å². The lowest BCUT2D eigenvalue weighted by molar-refractivity contribution is 0.0661. The van der Waals surface area contributed by atoms with Gasteiger partial charge < -0.3 is 9.64 Å². The average molecular weight is 456 g/mol. The topological polar surface area (TPSA) is 85.5 Å². The predicted molar refractivity (Wildman–Crippen MR) is 116 cm³/mol. The minimum absolute atomic E-state index is 0.130. The first kappa shape index (κ1) is 21.7. The third-order valence-corrected chi connectivity index (χ3v) is 6.67. The number of alkyl halides is 2. The van der Waals surface area contributed by atoms with Gasteiger partial charge in [-0.25, -0.2) is 18.3 Å². The summed E-state index contributed by atoms with van der Waals surface area (Å²) in [4.78, 5) is 28.0. The number of ether oxygens (including phenoxy) is 1. The van der Waals surface area contributed by atoms with Crippen LogP contribution < -0.4 is 4.74 Å². The summed E-state index contributed by atoms with van der Waals surface area (Å²) >= 11 is 0. The van der Waals surface area contributed by atoms with E-state index in [-0.39, 0.29) is 29.2 Å². The van der Waals surface area contributed by atoms with Gasteiger partial charge in [-0.3, -0.25) is 9.78 Å². The number of hydrogen-bond acceptors (Lipinski definition) is 6. The highest BCUT2D eigenvalue weighted by Gasteiger charge is 2.36. The van der Waals surface area contributed by atoms with Gasteiger partial charge in [0.15, 0.2) is 5.75 Å². The number of pyridine rings is 1. The molecule has 1 aliphatic heterocycles. The first-order valence-corrected chi connectivity index (χ1v) is 11.2. The zero-order valence-corrected chi connectivity index (χ0v) is 18.8. The molecule has 0 bridgehead atoms. The molecule has 3 aromatic rings. The van der Waals surface area contributed by atoms with Crippen molar-refractivity contribution in [2.75, 3.05) is 20.2 Å². The lowest BCUT2D eigenvalue weighted by Gasteiger charge is -2.37. The van der Waals surface area contributed by atoms with Crippen molar-refractivity contribution in [3.8, 4) is 5.75 Å². The Morgan fingerprint density at radius 1 is 1.21 bits per heavy atom. The smallest absolute Gasteiger partial charge is 0.280 e. The van der Waals surface area contributed by atoms with Crippen molar-refractivity contribution in [1.29, 1.82) is 0 Å². The van der Waals surface area contributed by atoms with Crippen LogP contribution in [0.2, 0.25) is 0 Å². The Kier molecular flexibility index (Phi) is 5.46. The van der Waals surface area contributed by atoms with Crippen molar-refractivity contribution in [3.63, 3.8) is 0 Å². The standard InChI is InChI=1S/C23H26F2N6O2/c1-12-6-7-30(22(32)15-8-13(2)28-19(14-4-5-14)20(15)33-3)10-16(12)18-9-17(21(24)25)29-23-26-11-27-31(18)23/h8-9,11-12,14,16,21H,4-7,10H2,1-3H3/t12-,16-/m1/s1. The van der Waals surface area contributed by atoms with E-state index in [2.05, 4.69) is 27.0 Å². The van der Waals surface area contributed by atoms with Gasteiger partial charge in [0, 0.05) is 30.6 Å². The Labute approximate surface area is 190 Å². The molecule has 10 heteroatoms. The van der Waals surface area contributed by atoms with Crippen LogP contribution in [-0.4, -0.2) is 55.6 Å². The second-order valence-electron chi connectivity index (χ2n) is 9.01. The first-order chi connectivity index (χ1) is 15.9. The summed E-state index contributed by atoms with van der Waals surface area (Å²) in [6.07, 6.45) is 1.42. The zero-order valence-electron chi connectivity index (χ0n) is 18.8. The Morgan fingerprint density at radius 2 is 2.00 bits per heavy atom. The highest BCUT2D eigenvalue weighted by Crippen LogP contribution is 2.45. The molecule has 0 radical (unpaired) electrons. The van der Waals surface area contributed by atoms with E-state index in [4.69, 9.17) is 4.74 Å². The Morgan fingerprint density at radius 3 is 2.70 bits per heavy atom. The maximum absolute atomic E-state index is 13.7. The van der Waals surface area contributed by atoms with E-state index >= 15 is 0 Å². The number of halogens is 2. The van der Waals surface area contributed by atoms with E-state index in [0.717, 1.165) is 30.7 Å². The van der Waals surface area contributed by atoms with Crippen LogP contribution in [-0.2, 0) is 0 Å². The number of hydrogen-bond donors (Lipinski definition) is 0. The minimum atomic E-state index is -2.72. The molecule has 8 nitrogen and oxygen atoms in total. The van der Waals surface area contributed by atoms with Gasteiger partial charge in [-0.2, -0.15) is 10.1 Å². The largest absolute Gasteiger partial charge is 0.494 e. The SMILES string of the molecule is COc1c(C(=O)N2CC[C@@H](C)[C@H](c3cc(C(F)F)nc4ncnn34)C2)cc(C)nc1C1CC1. The summed E-state index contributed by atoms with van der Waals surface area (Å²) in [5, 5.41) is 4.20. The fraction of sp³-hybridized carbons (Fsp3) is 0.522. The molecule has 0 spiro atoms. The van der Waals surface area contributed by atoms with Crippen LogP contribution in [0.25, 0.3) is 5.78 Å². The summed E-state index contributed by atoms with van der Waals surface area (Å²) in [6, 6.07) is 3.17. The third-order valence-electron chi connectivity index (χ3n) is 6.67. The molecule has 2 aliphatic rings. The highest BCUT2D eigenvalue weighted by molar-refractivity contribution is 5.97. The molecule has 2 atom stereocenters. The van der Waals surface area contributed by atoms with Gasteiger partial charge in [-0.05, 0) is 44.2 Å². The molecule has 1 saturated carbocycles. The molecule has 3 aromatic heterocycles. The maximum Gasteiger partial charge on any atom is 0.280 e. The molecule has 1 saturated heterocycles. The van der Waals surface area contributed by atoms with Crippen LogP contribution in [0.15, 0.2) is 18.5 Å². The number of nitrogens with zero attached hydrogens (tertiary/aromatic N) is 6. The van der Waals surface area contributed by atoms with E-state index in [9.17, 15) is 13.6 Å².